The molecule has 0 saturated heterocycles. The third-order valence-corrected chi connectivity index (χ3v) is 2.54. The molecule has 0 fully saturated rings. The maximum absolute atomic E-state index is 13.3. The smallest absolute Gasteiger partial charge is 0.180 e. The fraction of sp³-hybridized carbons (Fsp3) is 0.143. The normalized spacial score (nSPS) is 10.9. The number of aryl methyl sites for hydroxylation is 1. The average Bonchev–Trinajstić information content (AvgIpc) is 2.48. The van der Waals surface area contributed by atoms with Crippen LogP contribution in [-0.4, -0.2) is 15.0 Å². The maximum Gasteiger partial charge on any atom is 0.180 e. The molecule has 0 amide bonds. The third kappa shape index (κ3) is 0.929. The van der Waals surface area contributed by atoms with Gasteiger partial charge in [0.05, 0.1) is 16.5 Å². The number of halogens is 2. The van der Waals surface area contributed by atoms with E-state index in [2.05, 4.69) is 30.9 Å². The van der Waals surface area contributed by atoms with E-state index in [9.17, 15) is 4.39 Å². The summed E-state index contributed by atoms with van der Waals surface area (Å²) in [6.07, 6.45) is 1.42. The Morgan fingerprint density at radius 1 is 1.58 bits per heavy atom. The Kier molecular flexibility index (Phi) is 1.61. The Bertz CT molecular complexity index is 437. The Hall–Kier alpha value is -0.970. The van der Waals surface area contributed by atoms with Crippen molar-refractivity contribution in [2.24, 2.45) is 0 Å². The first-order valence-corrected chi connectivity index (χ1v) is 4.14. The summed E-state index contributed by atoms with van der Waals surface area (Å²) in [5.41, 5.74) is 1.35. The second-order valence-corrected chi connectivity index (χ2v) is 3.22. The highest BCUT2D eigenvalue weighted by Crippen LogP contribution is 2.23. The fourth-order valence-corrected chi connectivity index (χ4v) is 1.30. The van der Waals surface area contributed by atoms with Gasteiger partial charge in [0.1, 0.15) is 5.52 Å². The van der Waals surface area contributed by atoms with Crippen molar-refractivity contribution in [1.29, 1.82) is 0 Å². The summed E-state index contributed by atoms with van der Waals surface area (Å²) in [6, 6.07) is 0. The van der Waals surface area contributed by atoms with Crippen LogP contribution in [0, 0.1) is 12.7 Å². The molecule has 3 nitrogen and oxygen atoms in total. The fourth-order valence-electron chi connectivity index (χ4n) is 1.01. The number of rotatable bonds is 0. The van der Waals surface area contributed by atoms with Crippen LogP contribution in [0.1, 0.15) is 5.69 Å². The predicted molar refractivity (Wildman–Crippen MR) is 46.3 cm³/mol. The average molecular weight is 230 g/mol. The summed E-state index contributed by atoms with van der Waals surface area (Å²) in [6.45, 7) is 1.72. The van der Waals surface area contributed by atoms with Crippen LogP contribution < -0.4 is 0 Å². The van der Waals surface area contributed by atoms with E-state index in [0.29, 0.717) is 21.3 Å². The van der Waals surface area contributed by atoms with E-state index in [1.54, 1.807) is 6.92 Å². The van der Waals surface area contributed by atoms with E-state index < -0.39 is 0 Å². The van der Waals surface area contributed by atoms with Crippen molar-refractivity contribution in [3.8, 4) is 0 Å². The molecule has 0 saturated carbocycles. The molecule has 5 heteroatoms. The predicted octanol–water partition coefficient (Wildman–Crippen LogP) is 2.17. The van der Waals surface area contributed by atoms with Crippen LogP contribution in [0.15, 0.2) is 10.8 Å². The Balaban J connectivity index is 2.94. The molecule has 2 rings (SSSR count). The van der Waals surface area contributed by atoms with Crippen LogP contribution >= 0.6 is 15.9 Å². The van der Waals surface area contributed by atoms with Gasteiger partial charge >= 0.3 is 0 Å². The van der Waals surface area contributed by atoms with Crippen LogP contribution in [0.25, 0.3) is 11.2 Å². The SMILES string of the molecule is Cc1nc2nc[nH]c2c(F)c1Br. The minimum atomic E-state index is -0.338. The lowest BCUT2D eigenvalue weighted by atomic mass is 10.3. The summed E-state index contributed by atoms with van der Waals surface area (Å²) in [4.78, 5) is 10.6. The summed E-state index contributed by atoms with van der Waals surface area (Å²) >= 11 is 3.10. The highest BCUT2D eigenvalue weighted by molar-refractivity contribution is 9.10. The first kappa shape index (κ1) is 7.67. The highest BCUT2D eigenvalue weighted by atomic mass is 79.9. The van der Waals surface area contributed by atoms with Crippen molar-refractivity contribution in [1.82, 2.24) is 15.0 Å². The largest absolute Gasteiger partial charge is 0.341 e. The number of aromatic nitrogens is 3. The van der Waals surface area contributed by atoms with Gasteiger partial charge in [-0.05, 0) is 22.9 Å². The van der Waals surface area contributed by atoms with Crippen molar-refractivity contribution in [2.75, 3.05) is 0 Å². The second kappa shape index (κ2) is 2.52. The molecule has 0 aromatic carbocycles. The van der Waals surface area contributed by atoms with Gasteiger partial charge in [0, 0.05) is 0 Å². The van der Waals surface area contributed by atoms with Crippen LogP contribution in [0.2, 0.25) is 0 Å². The molecule has 0 atom stereocenters. The molecular weight excluding hydrogens is 225 g/mol. The van der Waals surface area contributed by atoms with Crippen molar-refractivity contribution in [3.05, 3.63) is 22.3 Å². The first-order valence-electron chi connectivity index (χ1n) is 3.35. The van der Waals surface area contributed by atoms with Crippen molar-refractivity contribution in [3.63, 3.8) is 0 Å². The molecule has 62 valence electrons. The van der Waals surface area contributed by atoms with Gasteiger partial charge in [-0.25, -0.2) is 14.4 Å². The number of nitrogens with one attached hydrogen (secondary N) is 1. The second-order valence-electron chi connectivity index (χ2n) is 2.43. The van der Waals surface area contributed by atoms with Gasteiger partial charge in [0.15, 0.2) is 11.5 Å². The third-order valence-electron chi connectivity index (χ3n) is 1.62. The van der Waals surface area contributed by atoms with Gasteiger partial charge in [0.2, 0.25) is 0 Å². The molecule has 12 heavy (non-hydrogen) atoms. The van der Waals surface area contributed by atoms with Gasteiger partial charge in [-0.3, -0.25) is 0 Å². The van der Waals surface area contributed by atoms with E-state index in [1.807, 2.05) is 0 Å². The van der Waals surface area contributed by atoms with Gasteiger partial charge in [-0.1, -0.05) is 0 Å². The molecule has 0 bridgehead atoms. The van der Waals surface area contributed by atoms with E-state index in [4.69, 9.17) is 0 Å². The number of hydrogen-bond acceptors (Lipinski definition) is 2. The molecule has 0 aliphatic carbocycles. The number of pyridine rings is 1. The highest BCUT2D eigenvalue weighted by Gasteiger charge is 2.11. The zero-order valence-corrected chi connectivity index (χ0v) is 7.81. The summed E-state index contributed by atoms with van der Waals surface area (Å²) in [5, 5.41) is 0. The quantitative estimate of drug-likeness (QED) is 0.753. The number of nitrogens with zero attached hydrogens (tertiary/aromatic N) is 2. The van der Waals surface area contributed by atoms with Gasteiger partial charge in [-0.15, -0.1) is 0 Å². The summed E-state index contributed by atoms with van der Waals surface area (Å²) in [7, 11) is 0. The lowest BCUT2D eigenvalue weighted by molar-refractivity contribution is 0.627. The van der Waals surface area contributed by atoms with Gasteiger partial charge in [-0.2, -0.15) is 0 Å². The minimum Gasteiger partial charge on any atom is -0.341 e. The number of aromatic amines is 1. The molecule has 0 spiro atoms. The number of fused-ring (bicyclic) bond motifs is 1. The van der Waals surface area contributed by atoms with Crippen LogP contribution in [0.3, 0.4) is 0 Å². The summed E-state index contributed by atoms with van der Waals surface area (Å²) < 4.78 is 13.7. The monoisotopic (exact) mass is 229 g/mol. The Morgan fingerprint density at radius 2 is 2.33 bits per heavy atom. The molecule has 2 aromatic heterocycles. The molecular formula is C7H5BrFN3. The van der Waals surface area contributed by atoms with Crippen molar-refractivity contribution in [2.45, 2.75) is 6.92 Å². The number of hydrogen-bond donors (Lipinski definition) is 1. The van der Waals surface area contributed by atoms with E-state index >= 15 is 0 Å². The lowest BCUT2D eigenvalue weighted by Gasteiger charge is -1.98. The molecule has 2 heterocycles. The maximum atomic E-state index is 13.3. The molecule has 1 N–H and O–H groups in total. The van der Waals surface area contributed by atoms with Gasteiger partial charge in [0.25, 0.3) is 0 Å². The Morgan fingerprint density at radius 3 is 3.08 bits per heavy atom. The van der Waals surface area contributed by atoms with Crippen LogP contribution in [0.4, 0.5) is 4.39 Å². The molecule has 0 unspecified atom stereocenters. The van der Waals surface area contributed by atoms with Crippen LogP contribution in [-0.2, 0) is 0 Å². The summed E-state index contributed by atoms with van der Waals surface area (Å²) in [5.74, 6) is -0.338. The van der Waals surface area contributed by atoms with Crippen molar-refractivity contribution < 1.29 is 4.39 Å². The van der Waals surface area contributed by atoms with E-state index in [1.165, 1.54) is 6.33 Å². The zero-order chi connectivity index (χ0) is 8.72. The minimum absolute atomic E-state index is 0.338. The van der Waals surface area contributed by atoms with Crippen molar-refractivity contribution >= 4 is 27.1 Å². The topological polar surface area (TPSA) is 41.6 Å². The van der Waals surface area contributed by atoms with Crippen LogP contribution in [0.5, 0.6) is 0 Å². The first-order chi connectivity index (χ1) is 5.70. The van der Waals surface area contributed by atoms with E-state index in [0.717, 1.165) is 0 Å². The molecule has 0 aliphatic heterocycles. The zero-order valence-electron chi connectivity index (χ0n) is 6.23. The van der Waals surface area contributed by atoms with E-state index in [-0.39, 0.29) is 5.82 Å². The lowest BCUT2D eigenvalue weighted by Crippen LogP contribution is -1.90. The Labute approximate surface area is 76.2 Å². The van der Waals surface area contributed by atoms with Gasteiger partial charge < -0.3 is 4.98 Å². The number of imidazole rings is 1. The molecule has 0 aliphatic rings. The standard InChI is InChI=1S/C7H5BrFN3/c1-3-4(8)5(9)6-7(12-3)11-2-10-6/h2H,1H3,(H,10,11,12). The molecule has 0 radical (unpaired) electrons. The number of H-pyrrole nitrogens is 1. The molecule has 2 aromatic rings.